The highest BCUT2D eigenvalue weighted by Gasteiger charge is 2.31. The summed E-state index contributed by atoms with van der Waals surface area (Å²) >= 11 is 0. The van der Waals surface area contributed by atoms with Crippen LogP contribution in [0, 0.1) is 10.1 Å². The lowest BCUT2D eigenvalue weighted by Crippen LogP contribution is -2.42. The van der Waals surface area contributed by atoms with Crippen molar-refractivity contribution < 1.29 is 14.5 Å². The zero-order valence-electron chi connectivity index (χ0n) is 10.9. The summed E-state index contributed by atoms with van der Waals surface area (Å²) in [5.41, 5.74) is 10.5. The van der Waals surface area contributed by atoms with Crippen molar-refractivity contribution in [1.82, 2.24) is 4.98 Å². The molecule has 8 nitrogen and oxygen atoms in total. The van der Waals surface area contributed by atoms with Crippen molar-refractivity contribution in [3.63, 3.8) is 0 Å². The lowest BCUT2D eigenvalue weighted by molar-refractivity contribution is -0.385. The zero-order chi connectivity index (χ0) is 14.8. The predicted molar refractivity (Wildman–Crippen MR) is 70.3 cm³/mol. The van der Waals surface area contributed by atoms with Gasteiger partial charge in [0.1, 0.15) is 18.4 Å². The Bertz CT molecular complexity index is 540. The Morgan fingerprint density at radius 1 is 1.50 bits per heavy atom. The lowest BCUT2D eigenvalue weighted by Gasteiger charge is -2.23. The molecule has 1 aromatic heterocycles. The molecule has 0 aliphatic heterocycles. The van der Waals surface area contributed by atoms with Crippen molar-refractivity contribution in [2.24, 2.45) is 11.5 Å². The molecule has 0 atom stereocenters. The van der Waals surface area contributed by atoms with E-state index in [9.17, 15) is 14.9 Å². The minimum absolute atomic E-state index is 0.0141. The number of nitrogens with zero attached hydrogens (tertiary/aromatic N) is 2. The third-order valence-corrected chi connectivity index (χ3v) is 3.41. The highest BCUT2D eigenvalue weighted by Crippen LogP contribution is 2.28. The Balaban J connectivity index is 2.18. The minimum atomic E-state index is -0.825. The summed E-state index contributed by atoms with van der Waals surface area (Å²) in [7, 11) is 0. The van der Waals surface area contributed by atoms with Gasteiger partial charge in [-0.05, 0) is 12.8 Å². The molecule has 1 saturated carbocycles. The second kappa shape index (κ2) is 5.41. The van der Waals surface area contributed by atoms with E-state index in [1.54, 1.807) is 0 Å². The van der Waals surface area contributed by atoms with Crippen molar-refractivity contribution >= 4 is 11.6 Å². The number of nitrogens with two attached hydrogens (primary N) is 2. The van der Waals surface area contributed by atoms with Crippen LogP contribution in [0.4, 0.5) is 5.69 Å². The van der Waals surface area contributed by atoms with E-state index >= 15 is 0 Å². The molecule has 4 N–H and O–H groups in total. The van der Waals surface area contributed by atoms with Gasteiger partial charge in [0.2, 0.25) is 5.88 Å². The summed E-state index contributed by atoms with van der Waals surface area (Å²) in [5, 5.41) is 10.7. The summed E-state index contributed by atoms with van der Waals surface area (Å²) in [6.45, 7) is 0.206. The normalized spacial score (nSPS) is 16.9. The molecule has 0 bridgehead atoms. The molecular formula is C12H16N4O4. The van der Waals surface area contributed by atoms with E-state index in [1.807, 2.05) is 0 Å². The number of carbonyl (C=O) groups excluding carboxylic acids is 1. The quantitative estimate of drug-likeness (QED) is 0.603. The number of rotatable bonds is 5. The van der Waals surface area contributed by atoms with Crippen LogP contribution in [0.2, 0.25) is 0 Å². The maximum absolute atomic E-state index is 11.3. The Labute approximate surface area is 115 Å². The molecule has 20 heavy (non-hydrogen) atoms. The van der Waals surface area contributed by atoms with Crippen molar-refractivity contribution in [2.75, 3.05) is 6.61 Å². The topological polar surface area (TPSA) is 134 Å². The molecule has 2 rings (SSSR count). The summed E-state index contributed by atoms with van der Waals surface area (Å²) in [4.78, 5) is 25.1. The number of ether oxygens (including phenoxy) is 1. The number of hydrogen-bond acceptors (Lipinski definition) is 6. The summed E-state index contributed by atoms with van der Waals surface area (Å²) in [6.07, 6.45) is 4.78. The van der Waals surface area contributed by atoms with Crippen LogP contribution < -0.4 is 16.2 Å². The van der Waals surface area contributed by atoms with Crippen LogP contribution in [0.25, 0.3) is 0 Å². The average molecular weight is 280 g/mol. The van der Waals surface area contributed by atoms with Crippen molar-refractivity contribution in [3.05, 3.63) is 27.9 Å². The molecule has 108 valence electrons. The third kappa shape index (κ3) is 3.02. The Morgan fingerprint density at radius 2 is 2.15 bits per heavy atom. The highest BCUT2D eigenvalue weighted by atomic mass is 16.6. The molecule has 1 heterocycles. The van der Waals surface area contributed by atoms with Crippen LogP contribution in [-0.4, -0.2) is 28.0 Å². The number of pyridine rings is 1. The van der Waals surface area contributed by atoms with Gasteiger partial charge in [0.15, 0.2) is 0 Å². The van der Waals surface area contributed by atoms with Gasteiger partial charge in [0.25, 0.3) is 11.6 Å². The summed E-state index contributed by atoms with van der Waals surface area (Å²) in [6, 6.07) is 1.06. The molecule has 1 amide bonds. The summed E-state index contributed by atoms with van der Waals surface area (Å²) in [5.74, 6) is -0.839. The van der Waals surface area contributed by atoms with Crippen LogP contribution in [0.5, 0.6) is 5.88 Å². The summed E-state index contributed by atoms with van der Waals surface area (Å²) < 4.78 is 5.46. The number of nitro groups is 1. The first-order chi connectivity index (χ1) is 9.41. The lowest BCUT2D eigenvalue weighted by atomic mass is 10.0. The SMILES string of the molecule is NC(=O)c1cc([N+](=O)[O-])cnc1OCC1(N)CCCC1. The molecule has 1 aromatic rings. The van der Waals surface area contributed by atoms with Gasteiger partial charge in [-0.2, -0.15) is 0 Å². The smallest absolute Gasteiger partial charge is 0.288 e. The van der Waals surface area contributed by atoms with Gasteiger partial charge in [0, 0.05) is 6.07 Å². The Kier molecular flexibility index (Phi) is 3.84. The molecule has 0 radical (unpaired) electrons. The van der Waals surface area contributed by atoms with Crippen LogP contribution >= 0.6 is 0 Å². The maximum atomic E-state index is 11.3. The van der Waals surface area contributed by atoms with E-state index in [-0.39, 0.29) is 23.7 Å². The fourth-order valence-corrected chi connectivity index (χ4v) is 2.27. The number of carbonyl (C=O) groups is 1. The monoisotopic (exact) mass is 280 g/mol. The van der Waals surface area contributed by atoms with E-state index in [2.05, 4.69) is 4.98 Å². The number of primary amides is 1. The van der Waals surface area contributed by atoms with Crippen LogP contribution in [-0.2, 0) is 0 Å². The van der Waals surface area contributed by atoms with Gasteiger partial charge in [-0.15, -0.1) is 0 Å². The predicted octanol–water partition coefficient (Wildman–Crippen LogP) is 0.739. The van der Waals surface area contributed by atoms with Gasteiger partial charge >= 0.3 is 0 Å². The van der Waals surface area contributed by atoms with E-state index in [0.717, 1.165) is 37.9 Å². The molecule has 8 heteroatoms. The molecular weight excluding hydrogens is 264 g/mol. The Morgan fingerprint density at radius 3 is 2.70 bits per heavy atom. The second-order valence-corrected chi connectivity index (χ2v) is 5.03. The third-order valence-electron chi connectivity index (χ3n) is 3.41. The fourth-order valence-electron chi connectivity index (χ4n) is 2.27. The molecule has 0 aromatic carbocycles. The van der Waals surface area contributed by atoms with E-state index < -0.39 is 16.4 Å². The largest absolute Gasteiger partial charge is 0.475 e. The van der Waals surface area contributed by atoms with Crippen molar-refractivity contribution in [1.29, 1.82) is 0 Å². The van der Waals surface area contributed by atoms with E-state index in [0.29, 0.717) is 0 Å². The number of aromatic nitrogens is 1. The maximum Gasteiger partial charge on any atom is 0.288 e. The van der Waals surface area contributed by atoms with Gasteiger partial charge in [-0.1, -0.05) is 12.8 Å². The molecule has 0 saturated heterocycles. The van der Waals surface area contributed by atoms with E-state index in [1.165, 1.54) is 0 Å². The van der Waals surface area contributed by atoms with Crippen LogP contribution in [0.3, 0.4) is 0 Å². The first-order valence-electron chi connectivity index (χ1n) is 6.27. The average Bonchev–Trinajstić information content (AvgIpc) is 2.83. The van der Waals surface area contributed by atoms with Gasteiger partial charge in [-0.25, -0.2) is 4.98 Å². The van der Waals surface area contributed by atoms with Gasteiger partial charge in [-0.3, -0.25) is 14.9 Å². The molecule has 1 aliphatic rings. The molecule has 1 fully saturated rings. The standard InChI is InChI=1S/C12H16N4O4/c13-10(17)9-5-8(16(18)19)6-15-11(9)20-7-12(14)3-1-2-4-12/h5-6H,1-4,7,14H2,(H2,13,17). The van der Waals surface area contributed by atoms with Gasteiger partial charge in [0.05, 0.1) is 10.5 Å². The van der Waals surface area contributed by atoms with Crippen molar-refractivity contribution in [2.45, 2.75) is 31.2 Å². The van der Waals surface area contributed by atoms with E-state index in [4.69, 9.17) is 16.2 Å². The number of hydrogen-bond donors (Lipinski definition) is 2. The number of amides is 1. The van der Waals surface area contributed by atoms with Crippen LogP contribution in [0.15, 0.2) is 12.3 Å². The fraction of sp³-hybridized carbons (Fsp3) is 0.500. The molecule has 0 spiro atoms. The molecule has 0 unspecified atom stereocenters. The first-order valence-corrected chi connectivity index (χ1v) is 6.27. The highest BCUT2D eigenvalue weighted by molar-refractivity contribution is 5.95. The van der Waals surface area contributed by atoms with Gasteiger partial charge < -0.3 is 16.2 Å². The second-order valence-electron chi connectivity index (χ2n) is 5.03. The van der Waals surface area contributed by atoms with Crippen molar-refractivity contribution in [3.8, 4) is 5.88 Å². The minimum Gasteiger partial charge on any atom is -0.475 e. The first kappa shape index (κ1) is 14.2. The van der Waals surface area contributed by atoms with Crippen LogP contribution in [0.1, 0.15) is 36.0 Å². The molecule has 1 aliphatic carbocycles. The Hall–Kier alpha value is -2.22. The zero-order valence-corrected chi connectivity index (χ0v) is 10.9.